The number of carbonyl (C=O) groups is 1. The predicted octanol–water partition coefficient (Wildman–Crippen LogP) is 6.24. The van der Waals surface area contributed by atoms with Gasteiger partial charge in [-0.25, -0.2) is 0 Å². The third-order valence-electron chi connectivity index (χ3n) is 5.13. The minimum atomic E-state index is -4.52. The van der Waals surface area contributed by atoms with Gasteiger partial charge in [-0.2, -0.15) is 13.2 Å². The number of nitro benzene ring substituents is 1. The molecule has 0 bridgehead atoms. The number of nitrogens with zero attached hydrogens (tertiary/aromatic N) is 2. The minimum Gasteiger partial charge on any atom is -0.292 e. The van der Waals surface area contributed by atoms with E-state index in [4.69, 9.17) is 0 Å². The molecule has 3 aromatic carbocycles. The van der Waals surface area contributed by atoms with Gasteiger partial charge >= 0.3 is 6.18 Å². The van der Waals surface area contributed by atoms with Gasteiger partial charge in [-0.15, -0.1) is 0 Å². The summed E-state index contributed by atoms with van der Waals surface area (Å²) in [5.74, 6) is -1.25. The maximum Gasteiger partial charge on any atom is 0.416 e. The van der Waals surface area contributed by atoms with Crippen LogP contribution in [0.25, 0.3) is 16.8 Å². The fourth-order valence-corrected chi connectivity index (χ4v) is 4.70. The molecule has 1 aliphatic rings. The highest BCUT2D eigenvalue weighted by Crippen LogP contribution is 2.43. The zero-order chi connectivity index (χ0) is 23.0. The number of alkyl halides is 3. The molecule has 0 radical (unpaired) electrons. The third kappa shape index (κ3) is 4.03. The van der Waals surface area contributed by atoms with E-state index in [0.717, 1.165) is 29.3 Å². The first-order valence-corrected chi connectivity index (χ1v) is 10.3. The molecule has 0 aromatic heterocycles. The summed E-state index contributed by atoms with van der Waals surface area (Å²) >= 11 is 1.12. The van der Waals surface area contributed by atoms with Crippen molar-refractivity contribution in [1.29, 1.82) is 0 Å². The van der Waals surface area contributed by atoms with Crippen LogP contribution >= 0.6 is 11.8 Å². The molecule has 5 nitrogen and oxygen atoms in total. The Morgan fingerprint density at radius 3 is 2.53 bits per heavy atom. The van der Waals surface area contributed by atoms with Crippen LogP contribution in [0.2, 0.25) is 0 Å². The molecule has 9 heteroatoms. The molecule has 32 heavy (non-hydrogen) atoms. The number of thioether (sulfide) groups is 1. The molecular formula is C23H15F3N2O3S. The van der Waals surface area contributed by atoms with Crippen molar-refractivity contribution in [3.63, 3.8) is 0 Å². The van der Waals surface area contributed by atoms with Gasteiger partial charge < -0.3 is 0 Å². The Labute approximate surface area is 184 Å². The van der Waals surface area contributed by atoms with Crippen molar-refractivity contribution in [2.75, 3.05) is 7.05 Å². The Balaban J connectivity index is 1.76. The highest BCUT2D eigenvalue weighted by Gasteiger charge is 2.39. The summed E-state index contributed by atoms with van der Waals surface area (Å²) in [5, 5.41) is 12.8. The van der Waals surface area contributed by atoms with Crippen LogP contribution in [-0.4, -0.2) is 22.8 Å². The number of non-ortho nitro benzene ring substituents is 1. The topological polar surface area (TPSA) is 72.6 Å². The molecule has 4 rings (SSSR count). The lowest BCUT2D eigenvalue weighted by molar-refractivity contribution is -0.384. The summed E-state index contributed by atoms with van der Waals surface area (Å²) in [7, 11) is 1.50. The lowest BCUT2D eigenvalue weighted by Gasteiger charge is -2.12. The van der Waals surface area contributed by atoms with Gasteiger partial charge in [0.15, 0.2) is 5.78 Å². The van der Waals surface area contributed by atoms with Crippen molar-refractivity contribution in [1.82, 2.24) is 0 Å². The minimum absolute atomic E-state index is 0.0429. The zero-order valence-electron chi connectivity index (χ0n) is 16.6. The van der Waals surface area contributed by atoms with E-state index in [1.54, 1.807) is 30.3 Å². The first-order chi connectivity index (χ1) is 15.2. The second-order valence-corrected chi connectivity index (χ2v) is 8.16. The van der Waals surface area contributed by atoms with Crippen molar-refractivity contribution in [3.8, 4) is 0 Å². The molecule has 1 fully saturated rings. The van der Waals surface area contributed by atoms with E-state index in [-0.39, 0.29) is 17.0 Å². The molecule has 0 spiro atoms. The van der Waals surface area contributed by atoms with Crippen LogP contribution in [0, 0.1) is 10.1 Å². The van der Waals surface area contributed by atoms with Gasteiger partial charge in [-0.05, 0) is 40.1 Å². The molecule has 1 aliphatic heterocycles. The number of hydrogen-bond acceptors (Lipinski definition) is 5. The molecule has 0 aliphatic carbocycles. The number of nitro groups is 1. The number of Topliss-reactive ketones (excluding diaryl/α,β-unsaturated/α-hetero) is 1. The zero-order valence-corrected chi connectivity index (χ0v) is 17.4. The fraction of sp³-hybridized carbons (Fsp3) is 0.130. The monoisotopic (exact) mass is 456 g/mol. The highest BCUT2D eigenvalue weighted by atomic mass is 32.2. The lowest BCUT2D eigenvalue weighted by atomic mass is 9.93. The molecule has 1 heterocycles. The molecular weight excluding hydrogens is 441 g/mol. The number of fused-ring (bicyclic) bond motifs is 1. The number of aliphatic imine (C=N–C) groups is 1. The van der Waals surface area contributed by atoms with Gasteiger partial charge in [0.05, 0.1) is 26.4 Å². The maximum absolute atomic E-state index is 13.2. The van der Waals surface area contributed by atoms with E-state index < -0.39 is 22.6 Å². The number of hydrogen-bond donors (Lipinski definition) is 0. The molecule has 1 saturated heterocycles. The largest absolute Gasteiger partial charge is 0.416 e. The number of allylic oxidation sites excluding steroid dienone is 1. The molecule has 3 aromatic rings. The molecule has 1 atom stereocenters. The van der Waals surface area contributed by atoms with E-state index in [2.05, 4.69) is 4.99 Å². The summed E-state index contributed by atoms with van der Waals surface area (Å²) in [6, 6.07) is 14.4. The second-order valence-electron chi connectivity index (χ2n) is 7.10. The second kappa shape index (κ2) is 8.23. The van der Waals surface area contributed by atoms with E-state index >= 15 is 0 Å². The molecule has 162 valence electrons. The van der Waals surface area contributed by atoms with Gasteiger partial charge in [0.25, 0.3) is 5.69 Å². The summed E-state index contributed by atoms with van der Waals surface area (Å²) in [5.41, 5.74) is 0.0400. The Kier molecular flexibility index (Phi) is 5.60. The van der Waals surface area contributed by atoms with Crippen molar-refractivity contribution >= 4 is 45.1 Å². The van der Waals surface area contributed by atoms with Crippen molar-refractivity contribution in [3.05, 3.63) is 92.4 Å². The van der Waals surface area contributed by atoms with Crippen LogP contribution in [-0.2, 0) is 11.0 Å². The Hall–Kier alpha value is -3.46. The van der Waals surface area contributed by atoms with Gasteiger partial charge in [0, 0.05) is 19.2 Å². The summed E-state index contributed by atoms with van der Waals surface area (Å²) in [6.07, 6.45) is -2.86. The van der Waals surface area contributed by atoms with Crippen LogP contribution in [0.4, 0.5) is 18.9 Å². The summed E-state index contributed by atoms with van der Waals surface area (Å²) in [4.78, 5) is 28.2. The molecule has 0 amide bonds. The average Bonchev–Trinajstić information content (AvgIpc) is 3.08. The Morgan fingerprint density at radius 1 is 1.09 bits per heavy atom. The van der Waals surface area contributed by atoms with Crippen LogP contribution in [0.5, 0.6) is 0 Å². The van der Waals surface area contributed by atoms with Gasteiger partial charge in [-0.1, -0.05) is 48.2 Å². The van der Waals surface area contributed by atoms with Crippen LogP contribution in [0.1, 0.15) is 22.6 Å². The molecule has 1 unspecified atom stereocenters. The highest BCUT2D eigenvalue weighted by molar-refractivity contribution is 8.19. The maximum atomic E-state index is 13.2. The van der Waals surface area contributed by atoms with E-state index in [1.807, 2.05) is 0 Å². The Morgan fingerprint density at radius 2 is 1.84 bits per heavy atom. The molecule has 0 saturated carbocycles. The first kappa shape index (κ1) is 21.8. The number of carbonyl (C=O) groups excluding carboxylic acids is 1. The smallest absolute Gasteiger partial charge is 0.292 e. The van der Waals surface area contributed by atoms with E-state index in [0.29, 0.717) is 20.9 Å². The Bertz CT molecular complexity index is 1320. The quantitative estimate of drug-likeness (QED) is 0.266. The first-order valence-electron chi connectivity index (χ1n) is 9.44. The lowest BCUT2D eigenvalue weighted by Crippen LogP contribution is -2.14. The van der Waals surface area contributed by atoms with Crippen molar-refractivity contribution in [2.45, 2.75) is 12.1 Å². The average molecular weight is 456 g/mol. The SMILES string of the molecule is CN=C1SC(=Cc2cccc3cc([N+](=O)[O-])ccc23)C(=O)C1c1cccc(C(F)(F)F)c1. The standard InChI is InChI=1S/C23H15F3N2O3S/c1-27-22-20(15-6-3-7-16(10-15)23(24,25)26)21(29)19(32-22)12-14-5-2-4-13-11-17(28(30)31)8-9-18(13)14/h2-12,20H,1H3. The number of ketones is 1. The van der Waals surface area contributed by atoms with E-state index in [9.17, 15) is 28.1 Å². The number of halogens is 3. The predicted molar refractivity (Wildman–Crippen MR) is 119 cm³/mol. The summed E-state index contributed by atoms with van der Waals surface area (Å²) < 4.78 is 39.4. The van der Waals surface area contributed by atoms with Gasteiger partial charge in [-0.3, -0.25) is 19.9 Å². The van der Waals surface area contributed by atoms with Gasteiger partial charge in [0.1, 0.15) is 0 Å². The van der Waals surface area contributed by atoms with Crippen LogP contribution < -0.4 is 0 Å². The van der Waals surface area contributed by atoms with Crippen LogP contribution in [0.15, 0.2) is 70.6 Å². The fourth-order valence-electron chi connectivity index (χ4n) is 3.62. The molecule has 0 N–H and O–H groups in total. The third-order valence-corrected chi connectivity index (χ3v) is 6.30. The number of benzene rings is 3. The summed E-state index contributed by atoms with van der Waals surface area (Å²) in [6.45, 7) is 0. The van der Waals surface area contributed by atoms with Crippen molar-refractivity contribution in [2.24, 2.45) is 4.99 Å². The van der Waals surface area contributed by atoms with E-state index in [1.165, 1.54) is 31.3 Å². The van der Waals surface area contributed by atoms with Crippen LogP contribution in [0.3, 0.4) is 0 Å². The number of rotatable bonds is 3. The van der Waals surface area contributed by atoms with Gasteiger partial charge in [0.2, 0.25) is 0 Å². The van der Waals surface area contributed by atoms with Crippen molar-refractivity contribution < 1.29 is 22.9 Å². The normalized spacial score (nSPS) is 19.2.